The van der Waals surface area contributed by atoms with Crippen LogP contribution in [-0.2, 0) is 16.6 Å². The van der Waals surface area contributed by atoms with Gasteiger partial charge in [0.1, 0.15) is 4.90 Å². The lowest BCUT2D eigenvalue weighted by molar-refractivity contribution is 0.0951. The second kappa shape index (κ2) is 7.71. The Hall–Kier alpha value is -3.53. The molecule has 0 atom stereocenters. The molecule has 2 heterocycles. The number of para-hydroxylation sites is 1. The van der Waals surface area contributed by atoms with Gasteiger partial charge in [-0.25, -0.2) is 8.42 Å². The molecule has 1 aliphatic heterocycles. The molecule has 1 aromatic heterocycles. The summed E-state index contributed by atoms with van der Waals surface area (Å²) in [6.45, 7) is 3.64. The van der Waals surface area contributed by atoms with Crippen LogP contribution in [0.4, 0.5) is 5.69 Å². The Kier molecular flexibility index (Phi) is 5.08. The Bertz CT molecular complexity index is 1200. The van der Waals surface area contributed by atoms with E-state index in [9.17, 15) is 13.2 Å². The highest BCUT2D eigenvalue weighted by Gasteiger charge is 2.24. The van der Waals surface area contributed by atoms with Crippen LogP contribution in [0.25, 0.3) is 0 Å². The number of amides is 1. The number of rotatable bonds is 6. The van der Waals surface area contributed by atoms with Crippen molar-refractivity contribution in [3.05, 3.63) is 65.0 Å². The van der Waals surface area contributed by atoms with Gasteiger partial charge in [0.15, 0.2) is 11.5 Å². The molecule has 9 nitrogen and oxygen atoms in total. The van der Waals surface area contributed by atoms with Crippen LogP contribution in [0.3, 0.4) is 0 Å². The molecule has 1 aliphatic rings. The molecule has 3 aromatic rings. The molecule has 3 N–H and O–H groups in total. The third-order valence-electron chi connectivity index (χ3n) is 4.64. The van der Waals surface area contributed by atoms with Crippen molar-refractivity contribution in [2.75, 3.05) is 11.5 Å². The average molecular weight is 428 g/mol. The van der Waals surface area contributed by atoms with E-state index in [1.165, 1.54) is 6.07 Å². The predicted octanol–water partition coefficient (Wildman–Crippen LogP) is 2.49. The normalized spacial score (nSPS) is 12.6. The van der Waals surface area contributed by atoms with Crippen molar-refractivity contribution in [2.45, 2.75) is 25.3 Å². The van der Waals surface area contributed by atoms with Crippen molar-refractivity contribution in [1.82, 2.24) is 15.5 Å². The molecule has 2 aromatic carbocycles. The smallest absolute Gasteiger partial charge is 0.265 e. The lowest BCUT2D eigenvalue weighted by atomic mass is 10.1. The van der Waals surface area contributed by atoms with Crippen molar-refractivity contribution < 1.29 is 22.7 Å². The van der Waals surface area contributed by atoms with E-state index in [1.807, 2.05) is 6.07 Å². The molecule has 0 fully saturated rings. The molecule has 4 rings (SSSR count). The largest absolute Gasteiger partial charge is 0.454 e. The van der Waals surface area contributed by atoms with E-state index in [0.717, 1.165) is 5.56 Å². The van der Waals surface area contributed by atoms with E-state index in [-0.39, 0.29) is 29.5 Å². The van der Waals surface area contributed by atoms with Crippen LogP contribution >= 0.6 is 0 Å². The fraction of sp³-hybridized carbons (Fsp3) is 0.200. The first-order valence-corrected chi connectivity index (χ1v) is 10.6. The number of carbonyl (C=O) groups is 1. The van der Waals surface area contributed by atoms with Crippen molar-refractivity contribution in [2.24, 2.45) is 0 Å². The van der Waals surface area contributed by atoms with Gasteiger partial charge in [-0.15, -0.1) is 0 Å². The number of sulfonamides is 1. The highest BCUT2D eigenvalue weighted by molar-refractivity contribution is 7.92. The van der Waals surface area contributed by atoms with Crippen molar-refractivity contribution >= 4 is 21.6 Å². The molecule has 0 aliphatic carbocycles. The number of nitrogens with zero attached hydrogens (tertiary/aromatic N) is 1. The minimum absolute atomic E-state index is 0.0677. The summed E-state index contributed by atoms with van der Waals surface area (Å²) in [6, 6.07) is 11.8. The minimum Gasteiger partial charge on any atom is -0.454 e. The third kappa shape index (κ3) is 3.81. The number of benzene rings is 2. The highest BCUT2D eigenvalue weighted by Crippen LogP contribution is 2.32. The number of aryl methyl sites for hydroxylation is 2. The Balaban J connectivity index is 1.52. The maximum Gasteiger partial charge on any atom is 0.265 e. The third-order valence-corrected chi connectivity index (χ3v) is 6.26. The van der Waals surface area contributed by atoms with Gasteiger partial charge in [0, 0.05) is 6.54 Å². The van der Waals surface area contributed by atoms with E-state index in [2.05, 4.69) is 20.2 Å². The highest BCUT2D eigenvalue weighted by atomic mass is 32.2. The lowest BCUT2D eigenvalue weighted by Gasteiger charge is -2.13. The van der Waals surface area contributed by atoms with E-state index < -0.39 is 15.9 Å². The zero-order chi connectivity index (χ0) is 21.3. The van der Waals surface area contributed by atoms with E-state index in [4.69, 9.17) is 9.47 Å². The molecular weight excluding hydrogens is 408 g/mol. The first-order chi connectivity index (χ1) is 14.3. The van der Waals surface area contributed by atoms with E-state index in [1.54, 1.807) is 44.2 Å². The van der Waals surface area contributed by atoms with Crippen LogP contribution < -0.4 is 19.5 Å². The second-order valence-corrected chi connectivity index (χ2v) is 8.40. The number of fused-ring (bicyclic) bond motifs is 1. The molecular formula is C20H20N4O5S. The predicted molar refractivity (Wildman–Crippen MR) is 109 cm³/mol. The maximum absolute atomic E-state index is 12.8. The van der Waals surface area contributed by atoms with Gasteiger partial charge in [-0.3, -0.25) is 14.6 Å². The number of hydrogen-bond acceptors (Lipinski definition) is 6. The van der Waals surface area contributed by atoms with Crippen LogP contribution in [0.5, 0.6) is 11.5 Å². The average Bonchev–Trinajstić information content (AvgIpc) is 3.32. The number of carbonyl (C=O) groups excluding carboxylic acids is 1. The summed E-state index contributed by atoms with van der Waals surface area (Å²) < 4.78 is 38.8. The summed E-state index contributed by atoms with van der Waals surface area (Å²) in [7, 11) is -3.92. The molecule has 0 bridgehead atoms. The summed E-state index contributed by atoms with van der Waals surface area (Å²) in [4.78, 5) is 12.8. The molecule has 10 heteroatoms. The molecule has 0 saturated heterocycles. The fourth-order valence-corrected chi connectivity index (χ4v) is 4.68. The number of ether oxygens (including phenoxy) is 2. The summed E-state index contributed by atoms with van der Waals surface area (Å²) in [5.41, 5.74) is 1.99. The molecule has 0 spiro atoms. The first kappa shape index (κ1) is 19.8. The monoisotopic (exact) mass is 428 g/mol. The van der Waals surface area contributed by atoms with E-state index >= 15 is 0 Å². The van der Waals surface area contributed by atoms with Crippen molar-refractivity contribution in [3.8, 4) is 11.5 Å². The first-order valence-electron chi connectivity index (χ1n) is 9.15. The number of aromatic amines is 1. The van der Waals surface area contributed by atoms with Crippen LogP contribution in [0.2, 0.25) is 0 Å². The Morgan fingerprint density at radius 3 is 2.67 bits per heavy atom. The topological polar surface area (TPSA) is 122 Å². The number of hydrogen-bond donors (Lipinski definition) is 3. The van der Waals surface area contributed by atoms with Crippen molar-refractivity contribution in [1.29, 1.82) is 0 Å². The van der Waals surface area contributed by atoms with Crippen LogP contribution in [0.15, 0.2) is 47.4 Å². The van der Waals surface area contributed by atoms with Crippen LogP contribution in [0.1, 0.15) is 27.3 Å². The number of anilines is 1. The number of aromatic nitrogens is 2. The summed E-state index contributed by atoms with van der Waals surface area (Å²) in [5.74, 6) is 0.877. The van der Waals surface area contributed by atoms with Crippen LogP contribution in [0, 0.1) is 13.8 Å². The zero-order valence-corrected chi connectivity index (χ0v) is 17.2. The van der Waals surface area contributed by atoms with Gasteiger partial charge in [-0.1, -0.05) is 18.2 Å². The van der Waals surface area contributed by atoms with Crippen LogP contribution in [-0.4, -0.2) is 31.3 Å². The molecule has 0 radical (unpaired) electrons. The fourth-order valence-electron chi connectivity index (χ4n) is 3.23. The summed E-state index contributed by atoms with van der Waals surface area (Å²) in [6.07, 6.45) is 0. The van der Waals surface area contributed by atoms with Gasteiger partial charge >= 0.3 is 0 Å². The maximum atomic E-state index is 12.8. The van der Waals surface area contributed by atoms with Crippen molar-refractivity contribution in [3.63, 3.8) is 0 Å². The Morgan fingerprint density at radius 1 is 1.13 bits per heavy atom. The van der Waals surface area contributed by atoms with Gasteiger partial charge in [0.25, 0.3) is 15.9 Å². The van der Waals surface area contributed by atoms with E-state index in [0.29, 0.717) is 22.9 Å². The van der Waals surface area contributed by atoms with Gasteiger partial charge in [-0.2, -0.15) is 5.10 Å². The Morgan fingerprint density at radius 2 is 1.90 bits per heavy atom. The van der Waals surface area contributed by atoms with Gasteiger partial charge in [-0.05, 0) is 43.7 Å². The zero-order valence-electron chi connectivity index (χ0n) is 16.4. The molecule has 1 amide bonds. The molecule has 30 heavy (non-hydrogen) atoms. The van der Waals surface area contributed by atoms with Gasteiger partial charge in [0.05, 0.1) is 22.6 Å². The second-order valence-electron chi connectivity index (χ2n) is 6.78. The molecule has 0 saturated carbocycles. The number of H-pyrrole nitrogens is 1. The lowest BCUT2D eigenvalue weighted by Crippen LogP contribution is -2.25. The molecule has 0 unspecified atom stereocenters. The SMILES string of the molecule is Cc1n[nH]c(C)c1S(=O)(=O)Nc1ccccc1C(=O)NCc1ccc2c(c1)OCO2. The van der Waals surface area contributed by atoms with Gasteiger partial charge in [0.2, 0.25) is 6.79 Å². The standard InChI is InChI=1S/C20H20N4O5S/c1-12-19(13(2)23-22-12)30(26,27)24-16-6-4-3-5-15(16)20(25)21-10-14-7-8-17-18(9-14)29-11-28-17/h3-9,24H,10-11H2,1-2H3,(H,21,25)(H,22,23). The summed E-state index contributed by atoms with van der Waals surface area (Å²) >= 11 is 0. The van der Waals surface area contributed by atoms with Gasteiger partial charge < -0.3 is 14.8 Å². The Labute approximate surface area is 173 Å². The molecule has 156 valence electrons. The quantitative estimate of drug-likeness (QED) is 0.554. The number of nitrogens with one attached hydrogen (secondary N) is 3. The summed E-state index contributed by atoms with van der Waals surface area (Å²) in [5, 5.41) is 9.38. The minimum atomic E-state index is -3.92.